The van der Waals surface area contributed by atoms with Crippen molar-refractivity contribution in [3.63, 3.8) is 0 Å². The summed E-state index contributed by atoms with van der Waals surface area (Å²) in [7, 11) is 0. The molecule has 0 saturated heterocycles. The first-order valence-corrected chi connectivity index (χ1v) is 10.3. The lowest BCUT2D eigenvalue weighted by molar-refractivity contribution is -0.142. The molecule has 0 fully saturated rings. The van der Waals surface area contributed by atoms with E-state index in [2.05, 4.69) is 25.9 Å². The fraction of sp³-hybridized carbons (Fsp3) is 0.650. The van der Waals surface area contributed by atoms with Gasteiger partial charge in [-0.15, -0.1) is 0 Å². The van der Waals surface area contributed by atoms with E-state index < -0.39 is 47.9 Å². The van der Waals surface area contributed by atoms with Gasteiger partial charge in [-0.05, 0) is 25.2 Å². The van der Waals surface area contributed by atoms with Crippen LogP contribution in [0.5, 0.6) is 0 Å². The number of nitrogens with two attached hydrogens (primary N) is 1. The number of aromatic nitrogens is 2. The van der Waals surface area contributed by atoms with Gasteiger partial charge in [0, 0.05) is 18.3 Å². The molecule has 0 aliphatic carbocycles. The Morgan fingerprint density at radius 2 is 1.68 bits per heavy atom. The SMILES string of the molecule is CC(C)CC(NC(=O)C(NC(=O)C(N)Cc1cnc[nH]1)C(C)C)C(=O)NC(C)C(=O)O. The molecule has 31 heavy (non-hydrogen) atoms. The molecule has 1 rings (SSSR count). The monoisotopic (exact) mass is 438 g/mol. The highest BCUT2D eigenvalue weighted by Gasteiger charge is 2.31. The van der Waals surface area contributed by atoms with Crippen molar-refractivity contribution in [3.05, 3.63) is 18.2 Å². The number of amides is 3. The van der Waals surface area contributed by atoms with Crippen molar-refractivity contribution in [1.82, 2.24) is 25.9 Å². The molecule has 11 nitrogen and oxygen atoms in total. The van der Waals surface area contributed by atoms with Gasteiger partial charge in [0.25, 0.3) is 0 Å². The van der Waals surface area contributed by atoms with E-state index in [4.69, 9.17) is 10.8 Å². The quantitative estimate of drug-likeness (QED) is 0.255. The number of carbonyl (C=O) groups excluding carboxylic acids is 3. The molecule has 1 aromatic rings. The summed E-state index contributed by atoms with van der Waals surface area (Å²) in [4.78, 5) is 55.7. The van der Waals surface area contributed by atoms with Crippen LogP contribution in [0.25, 0.3) is 0 Å². The number of hydrogen-bond donors (Lipinski definition) is 6. The molecule has 1 heterocycles. The van der Waals surface area contributed by atoms with Gasteiger partial charge in [-0.1, -0.05) is 27.7 Å². The molecule has 0 aromatic carbocycles. The van der Waals surface area contributed by atoms with Crippen LogP contribution >= 0.6 is 0 Å². The molecule has 0 bridgehead atoms. The number of H-pyrrole nitrogens is 1. The summed E-state index contributed by atoms with van der Waals surface area (Å²) < 4.78 is 0. The summed E-state index contributed by atoms with van der Waals surface area (Å²) in [5.41, 5.74) is 6.63. The number of nitrogens with zero attached hydrogens (tertiary/aromatic N) is 1. The molecule has 0 spiro atoms. The summed E-state index contributed by atoms with van der Waals surface area (Å²) >= 11 is 0. The molecule has 4 atom stereocenters. The zero-order chi connectivity index (χ0) is 23.7. The Kier molecular flexibility index (Phi) is 10.1. The van der Waals surface area contributed by atoms with Crippen LogP contribution in [0.15, 0.2) is 12.5 Å². The van der Waals surface area contributed by atoms with E-state index in [1.165, 1.54) is 13.3 Å². The molecular formula is C20H34N6O5. The van der Waals surface area contributed by atoms with E-state index in [1.807, 2.05) is 13.8 Å². The first-order valence-electron chi connectivity index (χ1n) is 10.3. The number of nitrogens with one attached hydrogen (secondary N) is 4. The Morgan fingerprint density at radius 1 is 1.03 bits per heavy atom. The smallest absolute Gasteiger partial charge is 0.325 e. The van der Waals surface area contributed by atoms with Crippen molar-refractivity contribution in [2.45, 2.75) is 71.6 Å². The van der Waals surface area contributed by atoms with E-state index in [0.717, 1.165) is 0 Å². The molecule has 1 aromatic heterocycles. The maximum Gasteiger partial charge on any atom is 0.325 e. The number of aliphatic carboxylic acids is 1. The first kappa shape index (κ1) is 26.1. The lowest BCUT2D eigenvalue weighted by atomic mass is 9.99. The van der Waals surface area contributed by atoms with Crippen LogP contribution < -0.4 is 21.7 Å². The van der Waals surface area contributed by atoms with Gasteiger partial charge in [0.2, 0.25) is 17.7 Å². The van der Waals surface area contributed by atoms with Crippen LogP contribution in [0.4, 0.5) is 0 Å². The number of carbonyl (C=O) groups is 4. The summed E-state index contributed by atoms with van der Waals surface area (Å²) in [6.07, 6.45) is 3.58. The standard InChI is InChI=1S/C20H34N6O5/c1-10(2)6-15(18(28)24-12(5)20(30)31)25-19(29)16(11(3)4)26-17(27)14(21)7-13-8-22-9-23-13/h8-12,14-16H,6-7,21H2,1-5H3,(H,22,23)(H,24,28)(H,25,29)(H,26,27)(H,30,31). The minimum absolute atomic E-state index is 0.0612. The van der Waals surface area contributed by atoms with Crippen LogP contribution in [0.1, 0.15) is 46.7 Å². The number of rotatable bonds is 12. The van der Waals surface area contributed by atoms with Crippen molar-refractivity contribution in [3.8, 4) is 0 Å². The number of hydrogen-bond acceptors (Lipinski definition) is 6. The molecule has 7 N–H and O–H groups in total. The Labute approximate surface area is 181 Å². The molecular weight excluding hydrogens is 404 g/mol. The number of carboxylic acids is 1. The zero-order valence-corrected chi connectivity index (χ0v) is 18.6. The lowest BCUT2D eigenvalue weighted by Gasteiger charge is -2.27. The Morgan fingerprint density at radius 3 is 2.16 bits per heavy atom. The number of carboxylic acid groups (broad SMARTS) is 1. The number of imidazole rings is 1. The van der Waals surface area contributed by atoms with E-state index in [1.54, 1.807) is 20.0 Å². The van der Waals surface area contributed by atoms with Gasteiger partial charge >= 0.3 is 5.97 Å². The topological polar surface area (TPSA) is 179 Å². The summed E-state index contributed by atoms with van der Waals surface area (Å²) in [5, 5.41) is 16.7. The van der Waals surface area contributed by atoms with Crippen LogP contribution in [0.3, 0.4) is 0 Å². The highest BCUT2D eigenvalue weighted by molar-refractivity contribution is 5.94. The van der Waals surface area contributed by atoms with Gasteiger partial charge in [0.05, 0.1) is 12.4 Å². The maximum atomic E-state index is 12.9. The minimum atomic E-state index is -1.18. The Balaban J connectivity index is 2.84. The largest absolute Gasteiger partial charge is 0.480 e. The first-order chi connectivity index (χ1) is 14.4. The second-order valence-electron chi connectivity index (χ2n) is 8.38. The van der Waals surface area contributed by atoms with Crippen LogP contribution in [-0.2, 0) is 25.6 Å². The summed E-state index contributed by atoms with van der Waals surface area (Å²) in [5.74, 6) is -3.04. The van der Waals surface area contributed by atoms with Crippen molar-refractivity contribution >= 4 is 23.7 Å². The predicted octanol–water partition coefficient (Wildman–Crippen LogP) is -0.459. The lowest BCUT2D eigenvalue weighted by Crippen LogP contribution is -2.58. The van der Waals surface area contributed by atoms with Gasteiger partial charge in [-0.2, -0.15) is 0 Å². The highest BCUT2D eigenvalue weighted by Crippen LogP contribution is 2.09. The minimum Gasteiger partial charge on any atom is -0.480 e. The van der Waals surface area contributed by atoms with Gasteiger partial charge in [-0.25, -0.2) is 4.98 Å². The van der Waals surface area contributed by atoms with Crippen LogP contribution in [-0.4, -0.2) is 62.9 Å². The van der Waals surface area contributed by atoms with Crippen molar-refractivity contribution in [1.29, 1.82) is 0 Å². The van der Waals surface area contributed by atoms with Crippen molar-refractivity contribution in [2.24, 2.45) is 17.6 Å². The van der Waals surface area contributed by atoms with Gasteiger partial charge in [0.15, 0.2) is 0 Å². The highest BCUT2D eigenvalue weighted by atomic mass is 16.4. The predicted molar refractivity (Wildman–Crippen MR) is 114 cm³/mol. The number of aromatic amines is 1. The van der Waals surface area contributed by atoms with E-state index in [-0.39, 0.29) is 18.3 Å². The van der Waals surface area contributed by atoms with Crippen LogP contribution in [0, 0.1) is 11.8 Å². The molecule has 0 saturated carbocycles. The molecule has 0 radical (unpaired) electrons. The van der Waals surface area contributed by atoms with Gasteiger partial charge in [0.1, 0.15) is 18.1 Å². The molecule has 11 heteroatoms. The average Bonchev–Trinajstić information content (AvgIpc) is 3.17. The maximum absolute atomic E-state index is 12.9. The van der Waals surface area contributed by atoms with Crippen molar-refractivity contribution in [2.75, 3.05) is 0 Å². The molecule has 0 aliphatic heterocycles. The summed E-state index contributed by atoms with van der Waals surface area (Å²) in [6.45, 7) is 8.61. The van der Waals surface area contributed by atoms with Crippen molar-refractivity contribution < 1.29 is 24.3 Å². The Bertz CT molecular complexity index is 749. The molecule has 4 unspecified atom stereocenters. The second-order valence-corrected chi connectivity index (χ2v) is 8.38. The normalized spacial score (nSPS) is 15.1. The van der Waals surface area contributed by atoms with E-state index in [0.29, 0.717) is 12.1 Å². The van der Waals surface area contributed by atoms with Gasteiger partial charge in [-0.3, -0.25) is 19.2 Å². The van der Waals surface area contributed by atoms with Crippen LogP contribution in [0.2, 0.25) is 0 Å². The third-order valence-electron chi connectivity index (χ3n) is 4.65. The molecule has 0 aliphatic rings. The fourth-order valence-electron chi connectivity index (χ4n) is 2.86. The molecule has 174 valence electrons. The van der Waals surface area contributed by atoms with E-state index >= 15 is 0 Å². The second kappa shape index (κ2) is 12.0. The third kappa shape index (κ3) is 8.75. The van der Waals surface area contributed by atoms with E-state index in [9.17, 15) is 19.2 Å². The summed E-state index contributed by atoms with van der Waals surface area (Å²) in [6, 6.07) is -3.84. The van der Waals surface area contributed by atoms with Gasteiger partial charge < -0.3 is 31.8 Å². The third-order valence-corrected chi connectivity index (χ3v) is 4.65. The Hall–Kier alpha value is -2.95. The zero-order valence-electron chi connectivity index (χ0n) is 18.6. The average molecular weight is 439 g/mol. The molecule has 3 amide bonds. The fourth-order valence-corrected chi connectivity index (χ4v) is 2.86.